The largest absolute Gasteiger partial charge is 0.504 e. The molecule has 0 amide bonds. The van der Waals surface area contributed by atoms with Crippen LogP contribution in [0.5, 0.6) is 46.0 Å². The van der Waals surface area contributed by atoms with Gasteiger partial charge in [-0.15, -0.1) is 0 Å². The van der Waals surface area contributed by atoms with Crippen molar-refractivity contribution < 1.29 is 45.6 Å². The average molecular weight is 980 g/mol. The number of hydrogen-bond acceptors (Lipinski definition) is 9. The summed E-state index contributed by atoms with van der Waals surface area (Å²) in [5.41, 5.74) is 1.76. The zero-order chi connectivity index (χ0) is 31.9. The van der Waals surface area contributed by atoms with Gasteiger partial charge in [0.15, 0.2) is 46.0 Å². The number of halogens is 6. The maximum Gasteiger partial charge on any atom is 0.173 e. The highest BCUT2D eigenvalue weighted by molar-refractivity contribution is 9.13. The van der Waals surface area contributed by atoms with E-state index in [0.29, 0.717) is 40.1 Å². The van der Waals surface area contributed by atoms with Crippen LogP contribution in [0, 0.1) is 0 Å². The van der Waals surface area contributed by atoms with Crippen molar-refractivity contribution in [3.05, 3.63) is 85.5 Å². The van der Waals surface area contributed by atoms with Crippen LogP contribution in [0.4, 0.5) is 0 Å². The fourth-order valence-electron chi connectivity index (χ4n) is 4.28. The molecule has 0 fully saturated rings. The summed E-state index contributed by atoms with van der Waals surface area (Å²) < 4.78 is 8.62. The lowest BCUT2D eigenvalue weighted by Crippen LogP contribution is -2.17. The van der Waals surface area contributed by atoms with Crippen molar-refractivity contribution in [2.24, 2.45) is 0 Å². The molecule has 228 valence electrons. The summed E-state index contributed by atoms with van der Waals surface area (Å²) in [5, 5.41) is 82.0. The Balaban J connectivity index is 1.93. The van der Waals surface area contributed by atoms with Gasteiger partial charge in [0.25, 0.3) is 0 Å². The third-order valence-electron chi connectivity index (χ3n) is 6.50. The fraction of sp³-hybridized carbons (Fsp3) is 0.143. The van der Waals surface area contributed by atoms with Gasteiger partial charge in [-0.25, -0.2) is 0 Å². The van der Waals surface area contributed by atoms with E-state index >= 15 is 0 Å². The molecule has 9 nitrogen and oxygen atoms in total. The molecule has 15 heteroatoms. The third kappa shape index (κ3) is 7.18. The smallest absolute Gasteiger partial charge is 0.173 e. The summed E-state index contributed by atoms with van der Waals surface area (Å²) in [6, 6.07) is 7.95. The minimum absolute atomic E-state index is 0.0467. The Morgan fingerprint density at radius 3 is 1.12 bits per heavy atom. The minimum atomic E-state index is -0.950. The molecule has 0 aliphatic rings. The summed E-state index contributed by atoms with van der Waals surface area (Å²) >= 11 is 20.3. The molecule has 4 aromatic carbocycles. The van der Waals surface area contributed by atoms with E-state index in [0.717, 1.165) is 0 Å². The normalized spacial score (nSPS) is 12.8. The molecule has 0 saturated carbocycles. The van der Waals surface area contributed by atoms with Gasteiger partial charge in [-0.1, -0.05) is 31.9 Å². The number of benzene rings is 4. The first kappa shape index (κ1) is 34.0. The second-order valence-corrected chi connectivity index (χ2v) is 14.2. The lowest BCUT2D eigenvalue weighted by atomic mass is 9.97. The van der Waals surface area contributed by atoms with Crippen LogP contribution in [0.15, 0.2) is 63.2 Å². The van der Waals surface area contributed by atoms with E-state index in [4.69, 9.17) is 4.74 Å². The molecule has 0 saturated heterocycles. The Morgan fingerprint density at radius 2 is 0.767 bits per heavy atom. The predicted octanol–water partition coefficient (Wildman–Crippen LogP) is 9.19. The van der Waals surface area contributed by atoms with Gasteiger partial charge >= 0.3 is 0 Å². The number of ether oxygens (including phenoxy) is 1. The molecule has 43 heavy (non-hydrogen) atoms. The molecule has 0 bridgehead atoms. The van der Waals surface area contributed by atoms with E-state index < -0.39 is 35.2 Å². The molecule has 8 N–H and O–H groups in total. The second kappa shape index (κ2) is 13.6. The first-order chi connectivity index (χ1) is 20.1. The molecule has 0 spiro atoms. The van der Waals surface area contributed by atoms with Crippen LogP contribution in [0.3, 0.4) is 0 Å². The van der Waals surface area contributed by atoms with Crippen LogP contribution >= 0.6 is 95.6 Å². The van der Waals surface area contributed by atoms with Crippen molar-refractivity contribution in [3.63, 3.8) is 0 Å². The number of phenolic OH excluding ortho intramolecular Hbond substituents is 8. The monoisotopic (exact) mass is 974 g/mol. The molecular formula is C28H20Br6O9. The fourth-order valence-corrected chi connectivity index (χ4v) is 7.24. The maximum atomic E-state index is 10.5. The zero-order valence-corrected chi connectivity index (χ0v) is 30.8. The quantitative estimate of drug-likeness (QED) is 0.0803. The molecule has 0 aliphatic carbocycles. The van der Waals surface area contributed by atoms with Crippen molar-refractivity contribution >= 4 is 95.6 Å². The van der Waals surface area contributed by atoms with Gasteiger partial charge in [0.05, 0.1) is 21.2 Å². The van der Waals surface area contributed by atoms with Gasteiger partial charge < -0.3 is 45.6 Å². The standard InChI is InChI=1S/C28H20Br6O9/c29-13-7-17(37)15(35)1-9(13)3-21(11-5-19(39)27(41)25(33)23(11)31)43-22(4-10-2-16(36)18(38)8-14(10)30)12-6-20(40)28(42)26(34)24(12)32/h1-2,5-8,21-22,35-42H,3-4H2. The number of phenols is 8. The number of aromatic hydroxyl groups is 8. The summed E-state index contributed by atoms with van der Waals surface area (Å²) in [7, 11) is 0. The molecular weight excluding hydrogens is 960 g/mol. The van der Waals surface area contributed by atoms with Crippen molar-refractivity contribution in [2.75, 3.05) is 0 Å². The van der Waals surface area contributed by atoms with Crippen LogP contribution in [-0.4, -0.2) is 40.9 Å². The van der Waals surface area contributed by atoms with E-state index in [2.05, 4.69) is 95.6 Å². The van der Waals surface area contributed by atoms with Crippen molar-refractivity contribution in [1.82, 2.24) is 0 Å². The van der Waals surface area contributed by atoms with Gasteiger partial charge in [0.2, 0.25) is 0 Å². The molecule has 4 aromatic rings. The van der Waals surface area contributed by atoms with Gasteiger partial charge in [-0.2, -0.15) is 0 Å². The average Bonchev–Trinajstić information content (AvgIpc) is 2.95. The van der Waals surface area contributed by atoms with Gasteiger partial charge in [-0.05, 0) is 111 Å². The van der Waals surface area contributed by atoms with Gasteiger partial charge in [-0.3, -0.25) is 0 Å². The van der Waals surface area contributed by atoms with E-state index in [-0.39, 0.29) is 44.8 Å². The van der Waals surface area contributed by atoms with Crippen molar-refractivity contribution in [1.29, 1.82) is 0 Å². The van der Waals surface area contributed by atoms with Crippen molar-refractivity contribution in [2.45, 2.75) is 25.0 Å². The maximum absolute atomic E-state index is 10.5. The van der Waals surface area contributed by atoms with Gasteiger partial charge in [0, 0.05) is 41.9 Å². The third-order valence-corrected chi connectivity index (χ3v) is 12.3. The van der Waals surface area contributed by atoms with Crippen LogP contribution in [0.25, 0.3) is 0 Å². The molecule has 0 radical (unpaired) electrons. The molecule has 4 rings (SSSR count). The lowest BCUT2D eigenvalue weighted by Gasteiger charge is -2.29. The van der Waals surface area contributed by atoms with E-state index in [1.54, 1.807) is 0 Å². The van der Waals surface area contributed by atoms with E-state index in [9.17, 15) is 40.9 Å². The number of hydrogen-bond donors (Lipinski definition) is 8. The Labute approximate surface area is 295 Å². The SMILES string of the molecule is Oc1cc(Br)c(CC(OC(Cc2cc(O)c(O)cc2Br)c2cc(O)c(O)c(Br)c2Br)c2cc(O)c(O)c(Br)c2Br)cc1O. The van der Waals surface area contributed by atoms with Crippen LogP contribution in [-0.2, 0) is 17.6 Å². The minimum Gasteiger partial charge on any atom is -0.504 e. The lowest BCUT2D eigenvalue weighted by molar-refractivity contribution is -0.0161. The molecule has 0 aromatic heterocycles. The van der Waals surface area contributed by atoms with Crippen LogP contribution in [0.2, 0.25) is 0 Å². The van der Waals surface area contributed by atoms with Crippen molar-refractivity contribution in [3.8, 4) is 46.0 Å². The highest BCUT2D eigenvalue weighted by Gasteiger charge is 2.30. The second-order valence-electron chi connectivity index (χ2n) is 9.31. The summed E-state index contributed by atoms with van der Waals surface area (Å²) in [6.45, 7) is 0. The summed E-state index contributed by atoms with van der Waals surface area (Å²) in [4.78, 5) is 0. The molecule has 0 aliphatic heterocycles. The van der Waals surface area contributed by atoms with E-state index in [1.807, 2.05) is 0 Å². The first-order valence-electron chi connectivity index (χ1n) is 12.0. The summed E-state index contributed by atoms with van der Waals surface area (Å²) in [6.07, 6.45) is -1.81. The first-order valence-corrected chi connectivity index (χ1v) is 16.7. The Hall–Kier alpha value is -1.88. The van der Waals surface area contributed by atoms with Crippen LogP contribution < -0.4 is 0 Å². The molecule has 2 unspecified atom stereocenters. The van der Waals surface area contributed by atoms with Gasteiger partial charge in [0.1, 0.15) is 0 Å². The summed E-state index contributed by atoms with van der Waals surface area (Å²) in [5.74, 6) is -3.14. The number of rotatable bonds is 8. The van der Waals surface area contributed by atoms with E-state index in [1.165, 1.54) is 36.4 Å². The topological polar surface area (TPSA) is 171 Å². The zero-order valence-electron chi connectivity index (χ0n) is 21.3. The Morgan fingerprint density at radius 1 is 0.442 bits per heavy atom. The Kier molecular flexibility index (Phi) is 10.8. The highest BCUT2D eigenvalue weighted by atomic mass is 79.9. The molecule has 2 atom stereocenters. The highest BCUT2D eigenvalue weighted by Crippen LogP contribution is 2.49. The molecule has 0 heterocycles. The van der Waals surface area contributed by atoms with Crippen LogP contribution in [0.1, 0.15) is 34.5 Å². The Bertz CT molecular complexity index is 1610. The predicted molar refractivity (Wildman–Crippen MR) is 179 cm³/mol.